The van der Waals surface area contributed by atoms with E-state index in [1.54, 1.807) is 30.5 Å². The fraction of sp³-hybridized carbons (Fsp3) is 0.188. The fourth-order valence-electron chi connectivity index (χ4n) is 2.76. The molecule has 3 heterocycles. The number of fused-ring (bicyclic) bond motifs is 1. The number of benzene rings is 1. The second-order valence-corrected chi connectivity index (χ2v) is 5.37. The molecule has 3 aromatic rings. The van der Waals surface area contributed by atoms with Crippen molar-refractivity contribution < 1.29 is 8.91 Å². The number of nitrogens with two attached hydrogens (primary N) is 1. The third-order valence-corrected chi connectivity index (χ3v) is 3.90. The first kappa shape index (κ1) is 13.7. The van der Waals surface area contributed by atoms with E-state index in [4.69, 9.17) is 10.3 Å². The van der Waals surface area contributed by atoms with Crippen LogP contribution in [0, 0.1) is 5.82 Å². The number of aromatic nitrogens is 3. The van der Waals surface area contributed by atoms with Crippen molar-refractivity contribution in [3.63, 3.8) is 0 Å². The van der Waals surface area contributed by atoms with Crippen LogP contribution in [0.3, 0.4) is 0 Å². The van der Waals surface area contributed by atoms with Gasteiger partial charge in [-0.2, -0.15) is 4.98 Å². The van der Waals surface area contributed by atoms with Crippen molar-refractivity contribution >= 4 is 11.8 Å². The second-order valence-electron chi connectivity index (χ2n) is 5.37. The van der Waals surface area contributed by atoms with E-state index in [0.717, 1.165) is 11.3 Å². The van der Waals surface area contributed by atoms with Crippen LogP contribution in [0.25, 0.3) is 11.3 Å². The van der Waals surface area contributed by atoms with Gasteiger partial charge in [0.15, 0.2) is 0 Å². The van der Waals surface area contributed by atoms with Crippen LogP contribution < -0.4 is 10.6 Å². The summed E-state index contributed by atoms with van der Waals surface area (Å²) in [6, 6.07) is 8.18. The lowest BCUT2D eigenvalue weighted by atomic mass is 10.0. The number of nitrogen functional groups attached to an aromatic ring is 1. The van der Waals surface area contributed by atoms with Gasteiger partial charge in [0, 0.05) is 30.3 Å². The van der Waals surface area contributed by atoms with E-state index < -0.39 is 0 Å². The Balaban J connectivity index is 1.72. The Hall–Kier alpha value is -2.96. The molecule has 0 fully saturated rings. The Kier molecular flexibility index (Phi) is 3.18. The number of hydrogen-bond acceptors (Lipinski definition) is 6. The minimum Gasteiger partial charge on any atom is -0.384 e. The molecule has 23 heavy (non-hydrogen) atoms. The highest BCUT2D eigenvalue weighted by molar-refractivity contribution is 5.65. The van der Waals surface area contributed by atoms with Gasteiger partial charge in [-0.25, -0.2) is 9.37 Å². The number of anilines is 2. The monoisotopic (exact) mass is 311 g/mol. The number of hydrogen-bond donors (Lipinski definition) is 1. The Labute approximate surface area is 131 Å². The number of halogens is 1. The summed E-state index contributed by atoms with van der Waals surface area (Å²) in [6.45, 7) is 1.20. The zero-order valence-electron chi connectivity index (χ0n) is 12.2. The summed E-state index contributed by atoms with van der Waals surface area (Å²) in [7, 11) is 0. The molecule has 0 spiro atoms. The highest BCUT2D eigenvalue weighted by atomic mass is 19.1. The first-order valence-corrected chi connectivity index (χ1v) is 7.28. The predicted octanol–water partition coefficient (Wildman–Crippen LogP) is 2.42. The molecule has 0 bridgehead atoms. The van der Waals surface area contributed by atoms with Crippen LogP contribution >= 0.6 is 0 Å². The van der Waals surface area contributed by atoms with Crippen molar-refractivity contribution in [1.29, 1.82) is 0 Å². The summed E-state index contributed by atoms with van der Waals surface area (Å²) in [6.07, 6.45) is 2.29. The highest BCUT2D eigenvalue weighted by Crippen LogP contribution is 2.32. The van der Waals surface area contributed by atoms with E-state index in [-0.39, 0.29) is 5.82 Å². The summed E-state index contributed by atoms with van der Waals surface area (Å²) in [5.41, 5.74) is 7.56. The molecule has 1 aliphatic rings. The van der Waals surface area contributed by atoms with Crippen molar-refractivity contribution in [3.05, 3.63) is 53.7 Å². The zero-order valence-corrected chi connectivity index (χ0v) is 12.2. The Morgan fingerprint density at radius 3 is 2.91 bits per heavy atom. The smallest absolute Gasteiger partial charge is 0.227 e. The third-order valence-electron chi connectivity index (χ3n) is 3.90. The largest absolute Gasteiger partial charge is 0.384 e. The van der Waals surface area contributed by atoms with E-state index in [1.165, 1.54) is 6.07 Å². The maximum atomic E-state index is 14.1. The molecule has 0 saturated carbocycles. The Morgan fingerprint density at radius 2 is 2.09 bits per heavy atom. The van der Waals surface area contributed by atoms with Crippen LogP contribution in [0.5, 0.6) is 0 Å². The van der Waals surface area contributed by atoms with Crippen LogP contribution in [0.2, 0.25) is 0 Å². The molecular formula is C16H14FN5O. The van der Waals surface area contributed by atoms with Crippen molar-refractivity contribution in [2.24, 2.45) is 0 Å². The molecule has 0 radical (unpaired) electrons. The SMILES string of the molecule is Nc1ccnc(N2CCc3onc(-c4ccccc4F)c3C2)n1. The van der Waals surface area contributed by atoms with Gasteiger partial charge in [-0.1, -0.05) is 17.3 Å². The van der Waals surface area contributed by atoms with Crippen LogP contribution in [0.1, 0.15) is 11.3 Å². The van der Waals surface area contributed by atoms with E-state index in [2.05, 4.69) is 15.1 Å². The van der Waals surface area contributed by atoms with Gasteiger partial charge in [0.05, 0.1) is 6.54 Å². The molecule has 116 valence electrons. The Bertz CT molecular complexity index is 863. The molecule has 1 aliphatic heterocycles. The topological polar surface area (TPSA) is 81.1 Å². The van der Waals surface area contributed by atoms with Gasteiger partial charge in [0.2, 0.25) is 5.95 Å². The first-order chi connectivity index (χ1) is 11.2. The van der Waals surface area contributed by atoms with Crippen molar-refractivity contribution in [2.45, 2.75) is 13.0 Å². The molecule has 0 atom stereocenters. The standard InChI is InChI=1S/C16H14FN5O/c17-12-4-2-1-3-10(12)15-11-9-22(8-6-13(11)23-21-15)16-19-7-5-14(18)20-16/h1-5,7H,6,8-9H2,(H2,18,19,20). The lowest BCUT2D eigenvalue weighted by molar-refractivity contribution is 0.378. The average Bonchev–Trinajstić information content (AvgIpc) is 2.98. The number of rotatable bonds is 2. The van der Waals surface area contributed by atoms with Gasteiger partial charge in [-0.05, 0) is 18.2 Å². The van der Waals surface area contributed by atoms with Gasteiger partial charge in [-0.3, -0.25) is 0 Å². The van der Waals surface area contributed by atoms with Crippen LogP contribution in [-0.4, -0.2) is 21.7 Å². The van der Waals surface area contributed by atoms with Crippen LogP contribution in [-0.2, 0) is 13.0 Å². The van der Waals surface area contributed by atoms with Crippen molar-refractivity contribution in [1.82, 2.24) is 15.1 Å². The summed E-state index contributed by atoms with van der Waals surface area (Å²) in [5, 5.41) is 4.07. The molecule has 2 aromatic heterocycles. The lowest BCUT2D eigenvalue weighted by Crippen LogP contribution is -2.31. The van der Waals surface area contributed by atoms with Gasteiger partial charge < -0.3 is 15.2 Å². The molecular weight excluding hydrogens is 297 g/mol. The molecule has 7 heteroatoms. The van der Waals surface area contributed by atoms with E-state index >= 15 is 0 Å². The maximum absolute atomic E-state index is 14.1. The van der Waals surface area contributed by atoms with E-state index in [1.807, 2.05) is 4.90 Å². The average molecular weight is 311 g/mol. The molecule has 0 unspecified atom stereocenters. The molecule has 0 aliphatic carbocycles. The molecule has 2 N–H and O–H groups in total. The molecule has 4 rings (SSSR count). The molecule has 0 saturated heterocycles. The molecule has 1 aromatic carbocycles. The number of nitrogens with zero attached hydrogens (tertiary/aromatic N) is 4. The van der Waals surface area contributed by atoms with Gasteiger partial charge in [0.25, 0.3) is 0 Å². The van der Waals surface area contributed by atoms with Crippen LogP contribution in [0.15, 0.2) is 41.1 Å². The summed E-state index contributed by atoms with van der Waals surface area (Å²) >= 11 is 0. The zero-order chi connectivity index (χ0) is 15.8. The van der Waals surface area contributed by atoms with Gasteiger partial charge >= 0.3 is 0 Å². The maximum Gasteiger partial charge on any atom is 0.227 e. The minimum absolute atomic E-state index is 0.319. The minimum atomic E-state index is -0.319. The third kappa shape index (κ3) is 2.40. The van der Waals surface area contributed by atoms with E-state index in [0.29, 0.717) is 42.5 Å². The quantitative estimate of drug-likeness (QED) is 0.783. The normalized spacial score (nSPS) is 13.9. The fourth-order valence-corrected chi connectivity index (χ4v) is 2.76. The molecule has 0 amide bonds. The van der Waals surface area contributed by atoms with Gasteiger partial charge in [-0.15, -0.1) is 0 Å². The predicted molar refractivity (Wildman–Crippen MR) is 83.1 cm³/mol. The summed E-state index contributed by atoms with van der Waals surface area (Å²) in [5.74, 6) is 1.43. The summed E-state index contributed by atoms with van der Waals surface area (Å²) < 4.78 is 19.5. The molecule has 6 nitrogen and oxygen atoms in total. The van der Waals surface area contributed by atoms with E-state index in [9.17, 15) is 4.39 Å². The lowest BCUT2D eigenvalue weighted by Gasteiger charge is -2.26. The Morgan fingerprint density at radius 1 is 1.22 bits per heavy atom. The van der Waals surface area contributed by atoms with Crippen molar-refractivity contribution in [3.8, 4) is 11.3 Å². The van der Waals surface area contributed by atoms with Crippen molar-refractivity contribution in [2.75, 3.05) is 17.2 Å². The summed E-state index contributed by atoms with van der Waals surface area (Å²) in [4.78, 5) is 10.5. The second kappa shape index (κ2) is 5.35. The van der Waals surface area contributed by atoms with Crippen LogP contribution in [0.4, 0.5) is 16.2 Å². The highest BCUT2D eigenvalue weighted by Gasteiger charge is 2.27. The first-order valence-electron chi connectivity index (χ1n) is 7.28. The van der Waals surface area contributed by atoms with Gasteiger partial charge in [0.1, 0.15) is 23.1 Å².